The smallest absolute Gasteiger partial charge is 0.340 e. The van der Waals surface area contributed by atoms with Gasteiger partial charge in [-0.3, -0.25) is 4.84 Å². The Morgan fingerprint density at radius 1 is 0.739 bits per heavy atom. The third-order valence-corrected chi connectivity index (χ3v) is 9.36. The second kappa shape index (κ2) is 16.0. The molecular formula is C38H47NO7. The van der Waals surface area contributed by atoms with Crippen molar-refractivity contribution < 1.29 is 29.3 Å². The van der Waals surface area contributed by atoms with E-state index in [1.165, 1.54) is 114 Å². The van der Waals surface area contributed by atoms with E-state index in [1.54, 1.807) is 12.1 Å². The highest BCUT2D eigenvalue weighted by molar-refractivity contribution is 5.98. The predicted octanol–water partition coefficient (Wildman–Crippen LogP) is 10.3. The molecule has 0 radical (unpaired) electrons. The molecular weight excluding hydrogens is 582 g/mol. The Labute approximate surface area is 272 Å². The molecule has 0 saturated heterocycles. The van der Waals surface area contributed by atoms with Gasteiger partial charge in [-0.05, 0) is 42.7 Å². The Balaban J connectivity index is 1.16. The van der Waals surface area contributed by atoms with Gasteiger partial charge in [0.05, 0.1) is 5.56 Å². The fraction of sp³-hybridized carbons (Fsp3) is 0.500. The van der Waals surface area contributed by atoms with Gasteiger partial charge in [0.1, 0.15) is 23.0 Å². The number of benzene rings is 3. The highest BCUT2D eigenvalue weighted by atomic mass is 17.0. The fourth-order valence-corrected chi connectivity index (χ4v) is 7.02. The molecule has 0 aliphatic carbocycles. The minimum absolute atomic E-state index is 0.0168. The first-order valence-corrected chi connectivity index (χ1v) is 17.3. The topological polar surface area (TPSA) is 108 Å². The third kappa shape index (κ3) is 7.65. The predicted molar refractivity (Wildman–Crippen MR) is 177 cm³/mol. The number of fused-ring (bicyclic) bond motifs is 6. The summed E-state index contributed by atoms with van der Waals surface area (Å²) in [5.74, 6) is 0.0941. The van der Waals surface area contributed by atoms with Crippen molar-refractivity contribution in [2.45, 2.75) is 122 Å². The summed E-state index contributed by atoms with van der Waals surface area (Å²) in [6.45, 7) is 2.27. The number of esters is 1. The lowest BCUT2D eigenvalue weighted by Gasteiger charge is -2.36. The number of unbranched alkanes of at least 4 members (excludes halogenated alkanes) is 15. The van der Waals surface area contributed by atoms with Crippen LogP contribution in [0.4, 0.5) is 0 Å². The average Bonchev–Trinajstić information content (AvgIpc) is 3.33. The second-order valence-electron chi connectivity index (χ2n) is 12.7. The number of phenolic OH excluding ortho intramolecular Hbond substituents is 1. The van der Waals surface area contributed by atoms with Crippen molar-refractivity contribution in [3.63, 3.8) is 0 Å². The van der Waals surface area contributed by atoms with Crippen molar-refractivity contribution in [2.75, 3.05) is 0 Å². The summed E-state index contributed by atoms with van der Waals surface area (Å²) in [4.78, 5) is 29.2. The zero-order valence-corrected chi connectivity index (χ0v) is 27.1. The quantitative estimate of drug-likeness (QED) is 0.0608. The monoisotopic (exact) mass is 629 g/mol. The van der Waals surface area contributed by atoms with Crippen molar-refractivity contribution in [3.8, 4) is 23.0 Å². The maximum Gasteiger partial charge on any atom is 0.340 e. The SMILES string of the molecule is CCCCCCCCCCCCCCCCCCc1cccc2c1C(=O)OC21c2ccc(O)cc2Oc2cc(O[N+](=O)[O-])ccc21. The first-order chi connectivity index (χ1) is 22.4. The van der Waals surface area contributed by atoms with Crippen molar-refractivity contribution in [1.82, 2.24) is 0 Å². The molecule has 246 valence electrons. The maximum absolute atomic E-state index is 13.6. The number of aromatic hydroxyl groups is 1. The molecule has 0 saturated carbocycles. The number of hydrogen-bond acceptors (Lipinski definition) is 7. The van der Waals surface area contributed by atoms with Gasteiger partial charge in [-0.15, -0.1) is 10.1 Å². The number of carbonyl (C=O) groups excluding carboxylic acids is 1. The molecule has 8 nitrogen and oxygen atoms in total. The van der Waals surface area contributed by atoms with Crippen LogP contribution in [-0.4, -0.2) is 16.2 Å². The number of hydrogen-bond donors (Lipinski definition) is 1. The Morgan fingerprint density at radius 2 is 1.30 bits per heavy atom. The van der Waals surface area contributed by atoms with E-state index < -0.39 is 16.7 Å². The van der Waals surface area contributed by atoms with E-state index in [1.807, 2.05) is 18.2 Å². The van der Waals surface area contributed by atoms with Crippen LogP contribution in [0.3, 0.4) is 0 Å². The number of phenols is 1. The van der Waals surface area contributed by atoms with Gasteiger partial charge in [0.2, 0.25) is 0 Å². The molecule has 1 spiro atoms. The van der Waals surface area contributed by atoms with Gasteiger partial charge in [0, 0.05) is 28.8 Å². The number of ether oxygens (including phenoxy) is 2. The van der Waals surface area contributed by atoms with Crippen LogP contribution in [0.25, 0.3) is 0 Å². The number of aryl methyl sites for hydroxylation is 1. The largest absolute Gasteiger partial charge is 0.508 e. The highest BCUT2D eigenvalue weighted by Gasteiger charge is 2.54. The molecule has 1 atom stereocenters. The molecule has 0 amide bonds. The van der Waals surface area contributed by atoms with Crippen molar-refractivity contribution in [1.29, 1.82) is 0 Å². The molecule has 0 bridgehead atoms. The molecule has 46 heavy (non-hydrogen) atoms. The van der Waals surface area contributed by atoms with E-state index in [0.29, 0.717) is 28.0 Å². The molecule has 1 N–H and O–H groups in total. The van der Waals surface area contributed by atoms with Crippen molar-refractivity contribution >= 4 is 5.97 Å². The van der Waals surface area contributed by atoms with Gasteiger partial charge < -0.3 is 14.6 Å². The summed E-state index contributed by atoms with van der Waals surface area (Å²) in [5, 5.41) is 20.3. The average molecular weight is 630 g/mol. The molecule has 5 rings (SSSR count). The number of carbonyl (C=O) groups is 1. The van der Waals surface area contributed by atoms with Crippen LogP contribution in [-0.2, 0) is 16.8 Å². The Hall–Kier alpha value is -4.07. The first-order valence-electron chi connectivity index (χ1n) is 17.3. The summed E-state index contributed by atoms with van der Waals surface area (Å²) in [6.07, 6.45) is 21.7. The Morgan fingerprint density at radius 3 is 1.91 bits per heavy atom. The maximum atomic E-state index is 13.6. The lowest BCUT2D eigenvalue weighted by Crippen LogP contribution is -2.33. The zero-order valence-electron chi connectivity index (χ0n) is 27.1. The minimum atomic E-state index is -1.32. The second-order valence-corrected chi connectivity index (χ2v) is 12.7. The molecule has 2 heterocycles. The summed E-state index contributed by atoms with van der Waals surface area (Å²) in [6, 6.07) is 15.0. The van der Waals surface area contributed by atoms with Crippen LogP contribution in [0, 0.1) is 10.1 Å². The number of nitrogens with zero attached hydrogens (tertiary/aromatic N) is 1. The van der Waals surface area contributed by atoms with Gasteiger partial charge in [0.25, 0.3) is 5.09 Å². The molecule has 8 heteroatoms. The van der Waals surface area contributed by atoms with Crippen LogP contribution in [0.1, 0.15) is 142 Å². The number of rotatable bonds is 19. The van der Waals surface area contributed by atoms with Gasteiger partial charge in [0.15, 0.2) is 5.60 Å². The third-order valence-electron chi connectivity index (χ3n) is 9.36. The molecule has 0 aromatic heterocycles. The molecule has 2 aliphatic rings. The Kier molecular flexibility index (Phi) is 11.6. The Bertz CT molecular complexity index is 1500. The van der Waals surface area contributed by atoms with E-state index in [-0.39, 0.29) is 17.2 Å². The van der Waals surface area contributed by atoms with Gasteiger partial charge in [-0.2, -0.15) is 0 Å². The lowest BCUT2D eigenvalue weighted by atomic mass is 9.77. The highest BCUT2D eigenvalue weighted by Crippen LogP contribution is 2.57. The lowest BCUT2D eigenvalue weighted by molar-refractivity contribution is -0.711. The van der Waals surface area contributed by atoms with E-state index in [4.69, 9.17) is 9.47 Å². The molecule has 2 aliphatic heterocycles. The van der Waals surface area contributed by atoms with E-state index >= 15 is 0 Å². The summed E-state index contributed by atoms with van der Waals surface area (Å²) >= 11 is 0. The van der Waals surface area contributed by atoms with E-state index in [2.05, 4.69) is 11.8 Å². The van der Waals surface area contributed by atoms with Crippen molar-refractivity contribution in [3.05, 3.63) is 92.5 Å². The first kappa shape index (κ1) is 33.3. The molecule has 1 unspecified atom stereocenters. The van der Waals surface area contributed by atoms with Gasteiger partial charge >= 0.3 is 5.97 Å². The fourth-order valence-electron chi connectivity index (χ4n) is 7.02. The van der Waals surface area contributed by atoms with Crippen LogP contribution in [0.15, 0.2) is 54.6 Å². The van der Waals surface area contributed by atoms with E-state index in [0.717, 1.165) is 24.8 Å². The van der Waals surface area contributed by atoms with Gasteiger partial charge in [-0.25, -0.2) is 4.79 Å². The van der Waals surface area contributed by atoms with Gasteiger partial charge in [-0.1, -0.05) is 121 Å². The van der Waals surface area contributed by atoms with Crippen LogP contribution in [0.2, 0.25) is 0 Å². The summed E-state index contributed by atoms with van der Waals surface area (Å²) in [5.41, 5.74) is 2.00. The summed E-state index contributed by atoms with van der Waals surface area (Å²) in [7, 11) is 0. The molecule has 3 aromatic rings. The molecule has 0 fully saturated rings. The standard InChI is InChI=1S/C38H47NO7/c1-2-3-4-5-6-7-8-9-10-11-12-13-14-15-16-17-19-28-20-18-21-33-36(28)37(41)45-38(33)31-24-22-29(40)26-34(31)44-35-27-30(46-39(42)43)23-25-32(35)38/h18,20-27,40H,2-17,19H2,1H3. The van der Waals surface area contributed by atoms with Crippen LogP contribution >= 0.6 is 0 Å². The summed E-state index contributed by atoms with van der Waals surface area (Å²) < 4.78 is 12.3. The van der Waals surface area contributed by atoms with E-state index in [9.17, 15) is 20.0 Å². The van der Waals surface area contributed by atoms with Crippen molar-refractivity contribution in [2.24, 2.45) is 0 Å². The van der Waals surface area contributed by atoms with Crippen LogP contribution < -0.4 is 9.57 Å². The van der Waals surface area contributed by atoms with Crippen LogP contribution in [0.5, 0.6) is 23.0 Å². The normalized spacial score (nSPS) is 16.0. The zero-order chi connectivity index (χ0) is 32.4. The molecule has 3 aromatic carbocycles. The minimum Gasteiger partial charge on any atom is -0.508 e.